The Hall–Kier alpha value is -3.26. The lowest BCUT2D eigenvalue weighted by atomic mass is 9.86. The zero-order valence-corrected chi connectivity index (χ0v) is 17.9. The minimum Gasteiger partial charge on any atom is -0.395 e. The van der Waals surface area contributed by atoms with Crippen LogP contribution in [0.4, 0.5) is 4.39 Å². The van der Waals surface area contributed by atoms with E-state index in [4.69, 9.17) is 5.11 Å². The number of carbonyl (C=O) groups is 2. The van der Waals surface area contributed by atoms with Crippen LogP contribution in [0, 0.1) is 11.2 Å². The maximum absolute atomic E-state index is 13.2. The molecule has 3 N–H and O–H groups in total. The van der Waals surface area contributed by atoms with Crippen molar-refractivity contribution in [2.45, 2.75) is 33.4 Å². The SMILES string of the molecule is CC(C)(C)[C@H](NC(=O)c1nn(Cc2ccc(F)cc2)c2ccccc12)C(=O)NCCO. The molecule has 8 heteroatoms. The van der Waals surface area contributed by atoms with Gasteiger partial charge in [-0.05, 0) is 29.2 Å². The van der Waals surface area contributed by atoms with E-state index in [0.717, 1.165) is 11.1 Å². The fourth-order valence-corrected chi connectivity index (χ4v) is 3.33. The number of para-hydroxylation sites is 1. The molecule has 0 bridgehead atoms. The quantitative estimate of drug-likeness (QED) is 0.541. The van der Waals surface area contributed by atoms with Gasteiger partial charge in [0.25, 0.3) is 5.91 Å². The van der Waals surface area contributed by atoms with E-state index in [2.05, 4.69) is 15.7 Å². The van der Waals surface area contributed by atoms with Gasteiger partial charge in [0, 0.05) is 11.9 Å². The molecule has 31 heavy (non-hydrogen) atoms. The van der Waals surface area contributed by atoms with Crippen LogP contribution in [-0.4, -0.2) is 45.9 Å². The van der Waals surface area contributed by atoms with Gasteiger partial charge < -0.3 is 15.7 Å². The van der Waals surface area contributed by atoms with E-state index in [1.165, 1.54) is 12.1 Å². The molecule has 1 atom stereocenters. The first-order valence-electron chi connectivity index (χ1n) is 10.1. The van der Waals surface area contributed by atoms with Gasteiger partial charge in [0.2, 0.25) is 5.91 Å². The van der Waals surface area contributed by atoms with E-state index in [-0.39, 0.29) is 30.6 Å². The fraction of sp³-hybridized carbons (Fsp3) is 0.348. The zero-order valence-electron chi connectivity index (χ0n) is 17.9. The number of hydrogen-bond acceptors (Lipinski definition) is 4. The highest BCUT2D eigenvalue weighted by molar-refractivity contribution is 6.06. The smallest absolute Gasteiger partial charge is 0.273 e. The number of benzene rings is 2. The average molecular weight is 426 g/mol. The van der Waals surface area contributed by atoms with Gasteiger partial charge in [-0.25, -0.2) is 4.39 Å². The van der Waals surface area contributed by atoms with E-state index >= 15 is 0 Å². The Kier molecular flexibility index (Phi) is 6.70. The second kappa shape index (κ2) is 9.26. The molecule has 0 aliphatic heterocycles. The number of aliphatic hydroxyl groups excluding tert-OH is 1. The number of halogens is 1. The maximum atomic E-state index is 13.2. The molecule has 0 radical (unpaired) electrons. The molecule has 164 valence electrons. The van der Waals surface area contributed by atoms with Crippen LogP contribution in [0.1, 0.15) is 36.8 Å². The molecule has 1 heterocycles. The third kappa shape index (κ3) is 5.27. The van der Waals surface area contributed by atoms with Crippen molar-refractivity contribution in [3.05, 3.63) is 65.6 Å². The molecule has 0 unspecified atom stereocenters. The lowest BCUT2D eigenvalue weighted by Gasteiger charge is -2.30. The predicted molar refractivity (Wildman–Crippen MR) is 116 cm³/mol. The molecule has 0 aliphatic rings. The number of fused-ring (bicyclic) bond motifs is 1. The van der Waals surface area contributed by atoms with Crippen molar-refractivity contribution in [1.29, 1.82) is 0 Å². The molecule has 0 saturated carbocycles. The van der Waals surface area contributed by atoms with Gasteiger partial charge in [-0.3, -0.25) is 14.3 Å². The predicted octanol–water partition coefficient (Wildman–Crippen LogP) is 2.48. The number of rotatable bonds is 7. The van der Waals surface area contributed by atoms with Gasteiger partial charge in [0.15, 0.2) is 5.69 Å². The summed E-state index contributed by atoms with van der Waals surface area (Å²) in [5, 5.41) is 19.6. The van der Waals surface area contributed by atoms with Crippen LogP contribution < -0.4 is 10.6 Å². The number of nitrogens with zero attached hydrogens (tertiary/aromatic N) is 2. The Morgan fingerprint density at radius 1 is 1.13 bits per heavy atom. The lowest BCUT2D eigenvalue weighted by molar-refractivity contribution is -0.125. The highest BCUT2D eigenvalue weighted by Crippen LogP contribution is 2.23. The summed E-state index contributed by atoms with van der Waals surface area (Å²) in [5.41, 5.74) is 1.26. The van der Waals surface area contributed by atoms with Crippen molar-refractivity contribution in [3.8, 4) is 0 Å². The van der Waals surface area contributed by atoms with Gasteiger partial charge in [-0.15, -0.1) is 0 Å². The normalized spacial score (nSPS) is 12.5. The lowest BCUT2D eigenvalue weighted by Crippen LogP contribution is -2.54. The molecule has 1 aromatic heterocycles. The summed E-state index contributed by atoms with van der Waals surface area (Å²) in [4.78, 5) is 25.7. The number of aliphatic hydroxyl groups is 1. The largest absolute Gasteiger partial charge is 0.395 e. The van der Waals surface area contributed by atoms with Crippen LogP contribution >= 0.6 is 0 Å². The van der Waals surface area contributed by atoms with Crippen molar-refractivity contribution in [3.63, 3.8) is 0 Å². The zero-order chi connectivity index (χ0) is 22.6. The molecule has 0 fully saturated rings. The Bertz CT molecular complexity index is 1070. The van der Waals surface area contributed by atoms with Gasteiger partial charge in [0.05, 0.1) is 18.7 Å². The van der Waals surface area contributed by atoms with Crippen LogP contribution in [0.3, 0.4) is 0 Å². The van der Waals surface area contributed by atoms with E-state index in [0.29, 0.717) is 11.9 Å². The van der Waals surface area contributed by atoms with Gasteiger partial charge >= 0.3 is 0 Å². The number of nitrogens with one attached hydrogen (secondary N) is 2. The molecular weight excluding hydrogens is 399 g/mol. The second-order valence-corrected chi connectivity index (χ2v) is 8.44. The van der Waals surface area contributed by atoms with Gasteiger partial charge in [-0.2, -0.15) is 5.10 Å². The van der Waals surface area contributed by atoms with Crippen molar-refractivity contribution >= 4 is 22.7 Å². The molecule has 0 spiro atoms. The van der Waals surface area contributed by atoms with Crippen LogP contribution in [-0.2, 0) is 11.3 Å². The first kappa shape index (κ1) is 22.4. The Morgan fingerprint density at radius 3 is 2.45 bits per heavy atom. The first-order valence-corrected chi connectivity index (χ1v) is 10.1. The van der Waals surface area contributed by atoms with Crippen molar-refractivity contribution < 1.29 is 19.1 Å². The van der Waals surface area contributed by atoms with Crippen molar-refractivity contribution in [2.75, 3.05) is 13.2 Å². The number of amides is 2. The summed E-state index contributed by atoms with van der Waals surface area (Å²) in [7, 11) is 0. The monoisotopic (exact) mass is 426 g/mol. The Balaban J connectivity index is 1.91. The topological polar surface area (TPSA) is 96.2 Å². The van der Waals surface area contributed by atoms with Gasteiger partial charge in [0.1, 0.15) is 11.9 Å². The maximum Gasteiger partial charge on any atom is 0.273 e. The van der Waals surface area contributed by atoms with Crippen LogP contribution in [0.15, 0.2) is 48.5 Å². The summed E-state index contributed by atoms with van der Waals surface area (Å²) in [6, 6.07) is 12.6. The molecule has 7 nitrogen and oxygen atoms in total. The minimum absolute atomic E-state index is 0.108. The molecule has 2 aromatic carbocycles. The summed E-state index contributed by atoms with van der Waals surface area (Å²) in [6.45, 7) is 5.84. The van der Waals surface area contributed by atoms with E-state index in [1.54, 1.807) is 22.9 Å². The van der Waals surface area contributed by atoms with Crippen molar-refractivity contribution in [1.82, 2.24) is 20.4 Å². The van der Waals surface area contributed by atoms with Gasteiger partial charge in [-0.1, -0.05) is 51.1 Å². The fourth-order valence-electron chi connectivity index (χ4n) is 3.33. The third-order valence-corrected chi connectivity index (χ3v) is 4.93. The highest BCUT2D eigenvalue weighted by Gasteiger charge is 2.33. The third-order valence-electron chi connectivity index (χ3n) is 4.93. The molecule has 2 amide bonds. The van der Waals surface area contributed by atoms with E-state index < -0.39 is 17.4 Å². The minimum atomic E-state index is -0.812. The number of aromatic nitrogens is 2. The number of hydrogen-bond donors (Lipinski definition) is 3. The van der Waals surface area contributed by atoms with Crippen LogP contribution in [0.2, 0.25) is 0 Å². The average Bonchev–Trinajstić information content (AvgIpc) is 3.09. The standard InChI is InChI=1S/C23H27FN4O3/c1-23(2,3)20(22(31)25-12-13-29)26-21(30)19-17-6-4-5-7-18(17)28(27-19)14-15-8-10-16(24)11-9-15/h4-11,20,29H,12-14H2,1-3H3,(H,25,31)(H,26,30)/t20-/m1/s1. The second-order valence-electron chi connectivity index (χ2n) is 8.44. The molecule has 3 aromatic rings. The Labute approximate surface area is 180 Å². The molecular formula is C23H27FN4O3. The summed E-state index contributed by atoms with van der Waals surface area (Å²) < 4.78 is 14.9. The Morgan fingerprint density at radius 2 is 1.81 bits per heavy atom. The molecule has 0 aliphatic carbocycles. The summed E-state index contributed by atoms with van der Waals surface area (Å²) in [5.74, 6) is -1.15. The summed E-state index contributed by atoms with van der Waals surface area (Å²) >= 11 is 0. The highest BCUT2D eigenvalue weighted by atomic mass is 19.1. The summed E-state index contributed by atoms with van der Waals surface area (Å²) in [6.07, 6.45) is 0. The van der Waals surface area contributed by atoms with Crippen LogP contribution in [0.25, 0.3) is 10.9 Å². The number of carbonyl (C=O) groups excluding carboxylic acids is 2. The van der Waals surface area contributed by atoms with Crippen molar-refractivity contribution in [2.24, 2.45) is 5.41 Å². The van der Waals surface area contributed by atoms with Crippen LogP contribution in [0.5, 0.6) is 0 Å². The first-order chi connectivity index (χ1) is 14.7. The van der Waals surface area contributed by atoms with E-state index in [9.17, 15) is 14.0 Å². The van der Waals surface area contributed by atoms with E-state index in [1.807, 2.05) is 39.0 Å². The molecule has 3 rings (SSSR count). The molecule has 0 saturated heterocycles.